The van der Waals surface area contributed by atoms with Crippen molar-refractivity contribution in [2.24, 2.45) is 22.7 Å². The van der Waals surface area contributed by atoms with Crippen LogP contribution in [-0.2, 0) is 66.5 Å². The minimum atomic E-state index is -1.99. The number of carbonyl (C=O) groups is 6. The lowest BCUT2D eigenvalue weighted by Crippen LogP contribution is -2.80. The summed E-state index contributed by atoms with van der Waals surface area (Å²) in [6, 6.07) is 15.4. The summed E-state index contributed by atoms with van der Waals surface area (Å²) in [6.45, 7) is 18.7. The molecule has 3 heterocycles. The molecule has 2 unspecified atom stereocenters. The zero-order valence-corrected chi connectivity index (χ0v) is 53.5. The molecule has 2 saturated carbocycles. The van der Waals surface area contributed by atoms with Crippen LogP contribution in [0.5, 0.6) is 0 Å². The molecule has 0 radical (unpaired) electrons. The normalized spacial score (nSPS) is 30.2. The molecule has 1 amide bonds. The van der Waals surface area contributed by atoms with Crippen LogP contribution in [-0.4, -0.2) is 140 Å². The predicted octanol–water partition coefficient (Wildman–Crippen LogP) is 11.5. The van der Waals surface area contributed by atoms with Crippen LogP contribution in [0.2, 0.25) is 0 Å². The van der Waals surface area contributed by atoms with E-state index in [0.717, 1.165) is 44.9 Å². The highest BCUT2D eigenvalue weighted by atomic mass is 16.8. The maximum absolute atomic E-state index is 15.5. The van der Waals surface area contributed by atoms with Gasteiger partial charge in [0.2, 0.25) is 6.10 Å². The first-order valence-corrected chi connectivity index (χ1v) is 32.2. The van der Waals surface area contributed by atoms with Crippen LogP contribution >= 0.6 is 0 Å². The molecule has 0 bridgehead atoms. The van der Waals surface area contributed by atoms with E-state index in [-0.39, 0.29) is 67.3 Å². The average molecular weight is 1240 g/mol. The Hall–Kier alpha value is -6.22. The molecule has 2 aromatic carbocycles. The Balaban J connectivity index is 1.07. The zero-order chi connectivity index (χ0) is 64.1. The zero-order valence-electron chi connectivity index (χ0n) is 53.5. The number of allylic oxidation sites excluding steroid dienone is 4. The monoisotopic (exact) mass is 1240 g/mol. The van der Waals surface area contributed by atoms with Crippen molar-refractivity contribution >= 4 is 35.9 Å². The van der Waals surface area contributed by atoms with Gasteiger partial charge in [-0.05, 0) is 113 Å². The van der Waals surface area contributed by atoms with Gasteiger partial charge in [0, 0.05) is 37.7 Å². The molecule has 19 heteroatoms. The highest BCUT2D eigenvalue weighted by Crippen LogP contribution is 2.70. The lowest BCUT2D eigenvalue weighted by atomic mass is 9.49. The Bertz CT molecular complexity index is 2850. The van der Waals surface area contributed by atoms with Crippen LogP contribution in [0.4, 0.5) is 4.79 Å². The molecule has 2 aromatic rings. The lowest BCUT2D eigenvalue weighted by molar-refractivity contribution is -0.392. The Morgan fingerprint density at radius 3 is 2.09 bits per heavy atom. The van der Waals surface area contributed by atoms with Crippen molar-refractivity contribution in [3.05, 3.63) is 120 Å². The fraction of sp³-hybridized carbons (Fsp3) is 0.629. The number of ether oxygens (including phenoxy) is 11. The molecule has 5 fully saturated rings. The highest BCUT2D eigenvalue weighted by Gasteiger charge is 2.81. The van der Waals surface area contributed by atoms with Crippen molar-refractivity contribution in [1.29, 1.82) is 0 Å². The fourth-order valence-corrected chi connectivity index (χ4v) is 14.5. The molecule has 89 heavy (non-hydrogen) atoms. The van der Waals surface area contributed by atoms with E-state index in [1.807, 2.05) is 20.8 Å². The van der Waals surface area contributed by atoms with Crippen molar-refractivity contribution in [1.82, 2.24) is 5.32 Å². The number of unbranched alkanes of at least 4 members (excludes halogenated alkanes) is 8. The average Bonchev–Trinajstić information content (AvgIpc) is 1.59. The second kappa shape index (κ2) is 30.7. The molecule has 488 valence electrons. The topological polar surface area (TPSA) is 236 Å². The number of esters is 4. The fourth-order valence-electron chi connectivity index (χ4n) is 14.5. The van der Waals surface area contributed by atoms with Gasteiger partial charge in [-0.1, -0.05) is 134 Å². The van der Waals surface area contributed by atoms with E-state index in [1.54, 1.807) is 67.6 Å². The van der Waals surface area contributed by atoms with Crippen LogP contribution in [0.25, 0.3) is 0 Å². The summed E-state index contributed by atoms with van der Waals surface area (Å²) in [5.41, 5.74) is -5.90. The summed E-state index contributed by atoms with van der Waals surface area (Å²) in [5, 5.41) is 16.2. The number of aliphatic hydroxyl groups is 1. The van der Waals surface area contributed by atoms with E-state index in [2.05, 4.69) is 43.1 Å². The first-order valence-electron chi connectivity index (χ1n) is 32.2. The number of rotatable bonds is 30. The molecule has 0 aromatic heterocycles. The Morgan fingerprint density at radius 2 is 1.47 bits per heavy atom. The van der Waals surface area contributed by atoms with Crippen molar-refractivity contribution in [3.63, 3.8) is 0 Å². The third kappa shape index (κ3) is 15.8. The summed E-state index contributed by atoms with van der Waals surface area (Å²) >= 11 is 0. The second-order valence-corrected chi connectivity index (χ2v) is 25.9. The summed E-state index contributed by atoms with van der Waals surface area (Å²) < 4.78 is 70.0. The van der Waals surface area contributed by atoms with Gasteiger partial charge in [0.25, 0.3) is 5.91 Å². The summed E-state index contributed by atoms with van der Waals surface area (Å²) in [5.74, 6) is -5.21. The first-order chi connectivity index (χ1) is 42.6. The molecule has 19 nitrogen and oxygen atoms in total. The van der Waals surface area contributed by atoms with Gasteiger partial charge in [-0.2, -0.15) is 0 Å². The van der Waals surface area contributed by atoms with E-state index in [1.165, 1.54) is 59.5 Å². The number of hydrogen-bond acceptors (Lipinski definition) is 18. The highest BCUT2D eigenvalue weighted by molar-refractivity contribution is 5.95. The van der Waals surface area contributed by atoms with Crippen molar-refractivity contribution in [2.45, 2.75) is 237 Å². The third-order valence-electron chi connectivity index (χ3n) is 18.7. The minimum Gasteiger partial charge on any atom is -0.457 e. The Labute approximate surface area is 524 Å². The van der Waals surface area contributed by atoms with Gasteiger partial charge in [-0.15, -0.1) is 0 Å². The smallest absolute Gasteiger partial charge is 0.457 e. The van der Waals surface area contributed by atoms with Crippen LogP contribution in [0.3, 0.4) is 0 Å². The van der Waals surface area contributed by atoms with Gasteiger partial charge in [0.1, 0.15) is 37.1 Å². The number of nitrogens with one attached hydrogen (secondary N) is 1. The van der Waals surface area contributed by atoms with E-state index in [9.17, 15) is 29.1 Å². The molecule has 3 aliphatic heterocycles. The summed E-state index contributed by atoms with van der Waals surface area (Å²) in [7, 11) is 0. The van der Waals surface area contributed by atoms with E-state index < -0.39 is 131 Å². The van der Waals surface area contributed by atoms with Crippen LogP contribution in [0.15, 0.2) is 109 Å². The third-order valence-corrected chi connectivity index (χ3v) is 18.7. The number of carbonyl (C=O) groups excluding carboxylic acids is 6. The van der Waals surface area contributed by atoms with Gasteiger partial charge < -0.3 is 62.5 Å². The molecule has 3 aliphatic carbocycles. The van der Waals surface area contributed by atoms with Gasteiger partial charge in [-0.3, -0.25) is 14.4 Å². The molecule has 6 aliphatic rings. The van der Waals surface area contributed by atoms with Gasteiger partial charge in [0.15, 0.2) is 24.3 Å². The van der Waals surface area contributed by atoms with Gasteiger partial charge >= 0.3 is 30.0 Å². The van der Waals surface area contributed by atoms with Crippen LogP contribution < -0.4 is 5.32 Å². The maximum atomic E-state index is 15.5. The van der Waals surface area contributed by atoms with E-state index in [0.29, 0.717) is 6.42 Å². The number of amides is 1. The first kappa shape index (κ1) is 68.7. The summed E-state index contributed by atoms with van der Waals surface area (Å²) in [4.78, 5) is 85.9. The Morgan fingerprint density at radius 1 is 0.809 bits per heavy atom. The van der Waals surface area contributed by atoms with E-state index >= 15 is 4.79 Å². The standard InChI is InChI=1S/C70H95NO18/c1-11-13-14-15-16-17-18-19-20-21-22-23-24-25-32-37-56-79-41-50(83-56)42-80-66(77)87-58(51(38-44(3)4)71-63(74)48-33-28-26-29-34-48)65(76)84-52-40-69(67(8,9)78)57(45(52)5)59(82-46(6)72)61-68(10)53(85-55(12-2)86-61)39-54-70(43-81-54,89-47(7)73)60(68)62(69)88-64(75)49-35-30-27-31-36-49/h12,15-16,18-19,26-31,33-36,44,50-56,58-62,78H,2,11,13-14,17,20-25,32,37-43H2,1,3-10H3,(H,71,74)/b16-15+,19-18+/t50?,51-,52-,53-,54+,55-,56?,58+,59+,60-,61-,62-,68+,69-,70-/m0/s1. The van der Waals surface area contributed by atoms with Crippen molar-refractivity contribution in [3.8, 4) is 0 Å². The van der Waals surface area contributed by atoms with Crippen molar-refractivity contribution < 1.29 is 86.0 Å². The molecule has 3 saturated heterocycles. The number of fused-ring (bicyclic) bond motifs is 3. The number of hydrogen-bond donors (Lipinski definition) is 2. The van der Waals surface area contributed by atoms with Crippen molar-refractivity contribution in [2.75, 3.05) is 19.8 Å². The van der Waals surface area contributed by atoms with E-state index in [4.69, 9.17) is 52.1 Å². The molecular weight excluding hydrogens is 1140 g/mol. The number of benzene rings is 2. The summed E-state index contributed by atoms with van der Waals surface area (Å²) in [6.07, 6.45) is 10.9. The minimum absolute atomic E-state index is 0.111. The quantitative estimate of drug-likeness (QED) is 0.0320. The Kier molecular flexibility index (Phi) is 23.7. The molecule has 0 spiro atoms. The molecule has 2 N–H and O–H groups in total. The molecule has 15 atom stereocenters. The van der Waals surface area contributed by atoms with Gasteiger partial charge in [0.05, 0.1) is 47.9 Å². The second-order valence-electron chi connectivity index (χ2n) is 25.9. The van der Waals surface area contributed by atoms with Gasteiger partial charge in [-0.25, -0.2) is 14.4 Å². The molecule has 8 rings (SSSR count). The molecular formula is C70H95NO18. The lowest BCUT2D eigenvalue weighted by Gasteiger charge is -2.67. The van der Waals surface area contributed by atoms with Crippen LogP contribution in [0.1, 0.15) is 179 Å². The SMILES string of the molecule is C=C[C@H]1O[C@H]2C[C@H]3OC[C@@]3(OC(C)=O)[C@H]3[C@H](OC(=O)c4ccccc4)[C@]4(C(C)(C)O)C[C@H](OC(=O)[C@H](OC(=O)OCC5COC(CCCCCCCC/C=C/C/C=C/CCCC)O5)[C@H](CC(C)C)NC(=O)c5ccccc5)C(C)=C4[C@@H](OC(C)=O)[C@H](O1)[C@]23C. The van der Waals surface area contributed by atoms with Crippen LogP contribution in [0, 0.1) is 22.7 Å². The largest absolute Gasteiger partial charge is 0.509 e. The maximum Gasteiger partial charge on any atom is 0.509 e. The predicted molar refractivity (Wildman–Crippen MR) is 329 cm³/mol.